The number of nitrogens with zero attached hydrogens (tertiary/aromatic N) is 1. The highest BCUT2D eigenvalue weighted by atomic mass is 16.4. The Hall–Kier alpha value is -1.95. The number of carbonyl (C=O) groups is 2. The summed E-state index contributed by atoms with van der Waals surface area (Å²) < 4.78 is 0. The van der Waals surface area contributed by atoms with E-state index in [0.717, 1.165) is 5.56 Å². The molecule has 1 rings (SSSR count). The smallest absolute Gasteiger partial charge is 0.354 e. The van der Waals surface area contributed by atoms with E-state index in [9.17, 15) is 9.59 Å². The van der Waals surface area contributed by atoms with Crippen LogP contribution >= 0.6 is 0 Å². The van der Waals surface area contributed by atoms with Crippen LogP contribution < -0.4 is 11.1 Å². The fourth-order valence-corrected chi connectivity index (χ4v) is 1.08. The van der Waals surface area contributed by atoms with E-state index < -0.39 is 5.97 Å². The van der Waals surface area contributed by atoms with E-state index in [1.165, 1.54) is 12.3 Å². The summed E-state index contributed by atoms with van der Waals surface area (Å²) in [6.45, 7) is 0.633. The first-order valence-corrected chi connectivity index (χ1v) is 4.78. The average molecular weight is 223 g/mol. The second kappa shape index (κ2) is 5.82. The maximum absolute atomic E-state index is 11.1. The van der Waals surface area contributed by atoms with Gasteiger partial charge in [0.2, 0.25) is 5.91 Å². The molecule has 0 saturated carbocycles. The van der Waals surface area contributed by atoms with Gasteiger partial charge < -0.3 is 16.2 Å². The number of hydrogen-bond acceptors (Lipinski definition) is 4. The van der Waals surface area contributed by atoms with Crippen molar-refractivity contribution < 1.29 is 14.7 Å². The van der Waals surface area contributed by atoms with Crippen molar-refractivity contribution in [3.63, 3.8) is 0 Å². The second-order valence-electron chi connectivity index (χ2n) is 3.17. The predicted octanol–water partition coefficient (Wildman–Crippen LogP) is -0.255. The van der Waals surface area contributed by atoms with Crippen molar-refractivity contribution in [2.45, 2.75) is 13.0 Å². The number of aromatic carboxylic acids is 1. The molecule has 0 fully saturated rings. The van der Waals surface area contributed by atoms with Crippen LogP contribution in [-0.2, 0) is 11.3 Å². The quantitative estimate of drug-likeness (QED) is 0.638. The Morgan fingerprint density at radius 1 is 1.44 bits per heavy atom. The third-order valence-electron chi connectivity index (χ3n) is 1.90. The zero-order chi connectivity index (χ0) is 12.0. The Balaban J connectivity index is 2.49. The Morgan fingerprint density at radius 2 is 2.19 bits per heavy atom. The number of carboxylic acids is 1. The summed E-state index contributed by atoms with van der Waals surface area (Å²) in [6.07, 6.45) is 1.70. The molecule has 0 radical (unpaired) electrons. The van der Waals surface area contributed by atoms with E-state index >= 15 is 0 Å². The fraction of sp³-hybridized carbons (Fsp3) is 0.300. The van der Waals surface area contributed by atoms with E-state index in [1.54, 1.807) is 6.07 Å². The minimum Gasteiger partial charge on any atom is -0.477 e. The van der Waals surface area contributed by atoms with Gasteiger partial charge in [0.05, 0.1) is 0 Å². The lowest BCUT2D eigenvalue weighted by molar-refractivity contribution is -0.121. The fourth-order valence-electron chi connectivity index (χ4n) is 1.08. The SMILES string of the molecule is NCCC(=O)NCc1ccc(C(=O)O)nc1. The standard InChI is InChI=1S/C10H13N3O3/c11-4-3-9(14)13-6-7-1-2-8(10(15)16)12-5-7/h1-2,5H,3-4,6,11H2,(H,13,14)(H,15,16). The number of carbonyl (C=O) groups excluding carboxylic acids is 1. The van der Waals surface area contributed by atoms with Crippen molar-refractivity contribution >= 4 is 11.9 Å². The van der Waals surface area contributed by atoms with Gasteiger partial charge in [0.15, 0.2) is 0 Å². The van der Waals surface area contributed by atoms with Gasteiger partial charge in [-0.1, -0.05) is 6.07 Å². The molecule has 86 valence electrons. The number of hydrogen-bond donors (Lipinski definition) is 3. The van der Waals surface area contributed by atoms with Crippen molar-refractivity contribution in [3.05, 3.63) is 29.6 Å². The van der Waals surface area contributed by atoms with Crippen LogP contribution in [0.1, 0.15) is 22.5 Å². The van der Waals surface area contributed by atoms with E-state index in [4.69, 9.17) is 10.8 Å². The monoisotopic (exact) mass is 223 g/mol. The van der Waals surface area contributed by atoms with Crippen molar-refractivity contribution in [3.8, 4) is 0 Å². The molecular formula is C10H13N3O3. The van der Waals surface area contributed by atoms with Gasteiger partial charge in [0.25, 0.3) is 0 Å². The van der Waals surface area contributed by atoms with Crippen LogP contribution in [0.15, 0.2) is 18.3 Å². The molecule has 0 bridgehead atoms. The lowest BCUT2D eigenvalue weighted by Crippen LogP contribution is -2.25. The maximum Gasteiger partial charge on any atom is 0.354 e. The third kappa shape index (κ3) is 3.66. The highest BCUT2D eigenvalue weighted by Gasteiger charge is 2.04. The van der Waals surface area contributed by atoms with E-state index in [0.29, 0.717) is 13.1 Å². The minimum absolute atomic E-state index is 0.0166. The first-order chi connectivity index (χ1) is 7.63. The Labute approximate surface area is 92.5 Å². The van der Waals surface area contributed by atoms with Gasteiger partial charge in [-0.3, -0.25) is 4.79 Å². The van der Waals surface area contributed by atoms with Crippen molar-refractivity contribution in [1.29, 1.82) is 0 Å². The molecule has 1 heterocycles. The summed E-state index contributed by atoms with van der Waals surface area (Å²) in [5.41, 5.74) is 5.94. The number of aromatic nitrogens is 1. The van der Waals surface area contributed by atoms with Gasteiger partial charge in [0, 0.05) is 25.7 Å². The highest BCUT2D eigenvalue weighted by molar-refractivity contribution is 5.85. The van der Waals surface area contributed by atoms with E-state index in [1.807, 2.05) is 0 Å². The molecule has 0 aliphatic heterocycles. The summed E-state index contributed by atoms with van der Waals surface area (Å²) in [5.74, 6) is -1.21. The largest absolute Gasteiger partial charge is 0.477 e. The predicted molar refractivity (Wildman–Crippen MR) is 56.7 cm³/mol. The van der Waals surface area contributed by atoms with Crippen LogP contribution in [0.4, 0.5) is 0 Å². The van der Waals surface area contributed by atoms with Crippen molar-refractivity contribution in [2.24, 2.45) is 5.73 Å². The summed E-state index contributed by atoms with van der Waals surface area (Å²) in [7, 11) is 0. The molecule has 1 aromatic rings. The molecule has 0 spiro atoms. The van der Waals surface area contributed by atoms with Gasteiger partial charge >= 0.3 is 5.97 Å². The zero-order valence-corrected chi connectivity index (χ0v) is 8.64. The summed E-state index contributed by atoms with van der Waals surface area (Å²) in [5, 5.41) is 11.3. The average Bonchev–Trinajstić information content (AvgIpc) is 2.27. The minimum atomic E-state index is -1.07. The first-order valence-electron chi connectivity index (χ1n) is 4.78. The normalized spacial score (nSPS) is 9.81. The van der Waals surface area contributed by atoms with E-state index in [2.05, 4.69) is 10.3 Å². The number of nitrogens with two attached hydrogens (primary N) is 1. The molecule has 0 unspecified atom stereocenters. The molecule has 4 N–H and O–H groups in total. The van der Waals surface area contributed by atoms with Gasteiger partial charge in [-0.15, -0.1) is 0 Å². The molecule has 0 atom stereocenters. The molecule has 16 heavy (non-hydrogen) atoms. The Kier molecular flexibility index (Phi) is 4.41. The Morgan fingerprint density at radius 3 is 2.69 bits per heavy atom. The van der Waals surface area contributed by atoms with Gasteiger partial charge in [-0.05, 0) is 11.6 Å². The molecule has 6 nitrogen and oxygen atoms in total. The van der Waals surface area contributed by atoms with Crippen LogP contribution in [-0.4, -0.2) is 28.5 Å². The summed E-state index contributed by atoms with van der Waals surface area (Å²) in [4.78, 5) is 25.3. The summed E-state index contributed by atoms with van der Waals surface area (Å²) >= 11 is 0. The number of pyridine rings is 1. The van der Waals surface area contributed by atoms with Gasteiger partial charge in [-0.25, -0.2) is 9.78 Å². The first kappa shape index (κ1) is 12.1. The highest BCUT2D eigenvalue weighted by Crippen LogP contribution is 2.00. The van der Waals surface area contributed by atoms with Crippen molar-refractivity contribution in [2.75, 3.05) is 6.54 Å². The number of carboxylic acid groups (broad SMARTS) is 1. The molecule has 0 aromatic carbocycles. The number of nitrogens with one attached hydrogen (secondary N) is 1. The lowest BCUT2D eigenvalue weighted by Gasteiger charge is -2.04. The van der Waals surface area contributed by atoms with Crippen LogP contribution in [0.3, 0.4) is 0 Å². The lowest BCUT2D eigenvalue weighted by atomic mass is 10.2. The maximum atomic E-state index is 11.1. The molecule has 1 aromatic heterocycles. The molecule has 0 aliphatic rings. The van der Waals surface area contributed by atoms with Crippen LogP contribution in [0.25, 0.3) is 0 Å². The third-order valence-corrected chi connectivity index (χ3v) is 1.90. The summed E-state index contributed by atoms with van der Waals surface area (Å²) in [6, 6.07) is 3.01. The van der Waals surface area contributed by atoms with Gasteiger partial charge in [0.1, 0.15) is 5.69 Å². The van der Waals surface area contributed by atoms with Crippen LogP contribution in [0.2, 0.25) is 0 Å². The molecule has 0 saturated heterocycles. The number of amides is 1. The molecule has 6 heteroatoms. The Bertz CT molecular complexity index is 375. The van der Waals surface area contributed by atoms with E-state index in [-0.39, 0.29) is 18.0 Å². The topological polar surface area (TPSA) is 105 Å². The van der Waals surface area contributed by atoms with Crippen LogP contribution in [0.5, 0.6) is 0 Å². The zero-order valence-electron chi connectivity index (χ0n) is 8.64. The van der Waals surface area contributed by atoms with Crippen molar-refractivity contribution in [1.82, 2.24) is 10.3 Å². The van der Waals surface area contributed by atoms with Gasteiger partial charge in [-0.2, -0.15) is 0 Å². The van der Waals surface area contributed by atoms with Crippen LogP contribution in [0, 0.1) is 0 Å². The molecule has 1 amide bonds. The molecular weight excluding hydrogens is 210 g/mol. The number of rotatable bonds is 5. The molecule has 0 aliphatic carbocycles. The second-order valence-corrected chi connectivity index (χ2v) is 3.17.